The first-order chi connectivity index (χ1) is 13.0. The fourth-order valence-electron chi connectivity index (χ4n) is 3.12. The zero-order valence-corrected chi connectivity index (χ0v) is 16.3. The van der Waals surface area contributed by atoms with Crippen molar-refractivity contribution in [1.29, 1.82) is 0 Å². The van der Waals surface area contributed by atoms with Crippen LogP contribution in [0.3, 0.4) is 0 Å². The zero-order chi connectivity index (χ0) is 19.4. The number of nitrogens with zero attached hydrogens (tertiary/aromatic N) is 1. The summed E-state index contributed by atoms with van der Waals surface area (Å²) in [5, 5.41) is 2.67. The minimum atomic E-state index is -0.326. The highest BCUT2D eigenvalue weighted by atomic mass is 32.2. The van der Waals surface area contributed by atoms with Gasteiger partial charge in [-0.1, -0.05) is 31.5 Å². The molecule has 2 amide bonds. The van der Waals surface area contributed by atoms with Gasteiger partial charge in [-0.3, -0.25) is 14.5 Å². The average molecular weight is 386 g/mol. The molecule has 1 aliphatic rings. The Labute approximate surface area is 163 Å². The fraction of sp³-hybridized carbons (Fsp3) is 0.333. The molecule has 2 aromatic rings. The Bertz CT molecular complexity index is 856. The SMILES string of the molecule is CCCCC(=O)Nc1cccc([C@@H]2SCC(=O)N2c2cccc(F)c2C)c1. The molecule has 0 spiro atoms. The highest BCUT2D eigenvalue weighted by Gasteiger charge is 2.35. The number of carbonyl (C=O) groups excluding carboxylic acids is 2. The summed E-state index contributed by atoms with van der Waals surface area (Å²) < 4.78 is 14.0. The van der Waals surface area contributed by atoms with Gasteiger partial charge in [0.25, 0.3) is 0 Å². The van der Waals surface area contributed by atoms with Crippen LogP contribution in [0.25, 0.3) is 0 Å². The number of hydrogen-bond acceptors (Lipinski definition) is 3. The Hall–Kier alpha value is -2.34. The Kier molecular flexibility index (Phi) is 6.16. The van der Waals surface area contributed by atoms with Gasteiger partial charge in [0.05, 0.1) is 11.4 Å². The molecule has 142 valence electrons. The van der Waals surface area contributed by atoms with Gasteiger partial charge >= 0.3 is 0 Å². The van der Waals surface area contributed by atoms with Crippen LogP contribution in [-0.2, 0) is 9.59 Å². The van der Waals surface area contributed by atoms with Crippen LogP contribution in [0.15, 0.2) is 42.5 Å². The Balaban J connectivity index is 1.86. The van der Waals surface area contributed by atoms with E-state index >= 15 is 0 Å². The maximum Gasteiger partial charge on any atom is 0.238 e. The van der Waals surface area contributed by atoms with Crippen LogP contribution in [0.1, 0.15) is 42.7 Å². The van der Waals surface area contributed by atoms with Crippen molar-refractivity contribution >= 4 is 35.0 Å². The molecule has 2 aromatic carbocycles. The monoisotopic (exact) mass is 386 g/mol. The molecule has 0 saturated carbocycles. The largest absolute Gasteiger partial charge is 0.326 e. The van der Waals surface area contributed by atoms with Crippen LogP contribution in [0, 0.1) is 12.7 Å². The third kappa shape index (κ3) is 4.33. The summed E-state index contributed by atoms with van der Waals surface area (Å²) in [6, 6.07) is 12.3. The topological polar surface area (TPSA) is 49.4 Å². The van der Waals surface area contributed by atoms with Crippen molar-refractivity contribution in [2.24, 2.45) is 0 Å². The van der Waals surface area contributed by atoms with Gasteiger partial charge in [0, 0.05) is 17.7 Å². The van der Waals surface area contributed by atoms with Crippen LogP contribution >= 0.6 is 11.8 Å². The molecule has 0 bridgehead atoms. The molecule has 1 saturated heterocycles. The first-order valence-corrected chi connectivity index (χ1v) is 10.1. The fourth-order valence-corrected chi connectivity index (χ4v) is 4.28. The van der Waals surface area contributed by atoms with E-state index in [1.165, 1.54) is 17.8 Å². The van der Waals surface area contributed by atoms with E-state index < -0.39 is 0 Å². The number of amides is 2. The lowest BCUT2D eigenvalue weighted by Crippen LogP contribution is -2.28. The third-order valence-electron chi connectivity index (χ3n) is 4.58. The molecule has 4 nitrogen and oxygen atoms in total. The van der Waals surface area contributed by atoms with Crippen molar-refractivity contribution < 1.29 is 14.0 Å². The van der Waals surface area contributed by atoms with Gasteiger partial charge in [0.2, 0.25) is 11.8 Å². The molecule has 0 aromatic heterocycles. The maximum absolute atomic E-state index is 14.0. The van der Waals surface area contributed by atoms with Crippen LogP contribution in [-0.4, -0.2) is 17.6 Å². The van der Waals surface area contributed by atoms with Crippen molar-refractivity contribution in [3.05, 3.63) is 59.4 Å². The van der Waals surface area contributed by atoms with Gasteiger partial charge in [-0.2, -0.15) is 0 Å². The first-order valence-electron chi connectivity index (χ1n) is 9.10. The lowest BCUT2D eigenvalue weighted by Gasteiger charge is -2.26. The highest BCUT2D eigenvalue weighted by molar-refractivity contribution is 8.00. The molecular formula is C21H23FN2O2S. The molecule has 1 fully saturated rings. The Morgan fingerprint density at radius 1 is 1.30 bits per heavy atom. The lowest BCUT2D eigenvalue weighted by atomic mass is 10.1. The average Bonchev–Trinajstić information content (AvgIpc) is 3.04. The molecule has 3 rings (SSSR count). The van der Waals surface area contributed by atoms with Gasteiger partial charge in [0.1, 0.15) is 11.2 Å². The van der Waals surface area contributed by atoms with E-state index in [0.717, 1.165) is 18.4 Å². The van der Waals surface area contributed by atoms with Gasteiger partial charge in [-0.15, -0.1) is 11.8 Å². The van der Waals surface area contributed by atoms with Crippen molar-refractivity contribution in [3.63, 3.8) is 0 Å². The van der Waals surface area contributed by atoms with E-state index in [1.807, 2.05) is 31.2 Å². The number of halogens is 1. The lowest BCUT2D eigenvalue weighted by molar-refractivity contribution is -0.117. The van der Waals surface area contributed by atoms with E-state index in [9.17, 15) is 14.0 Å². The minimum Gasteiger partial charge on any atom is -0.326 e. The van der Waals surface area contributed by atoms with Crippen molar-refractivity contribution in [2.45, 2.75) is 38.5 Å². The van der Waals surface area contributed by atoms with Gasteiger partial charge in [-0.05, 0) is 43.2 Å². The van der Waals surface area contributed by atoms with Crippen molar-refractivity contribution in [2.75, 3.05) is 16.0 Å². The molecule has 27 heavy (non-hydrogen) atoms. The second kappa shape index (κ2) is 8.57. The van der Waals surface area contributed by atoms with Crippen LogP contribution in [0.2, 0.25) is 0 Å². The van der Waals surface area contributed by atoms with E-state index in [2.05, 4.69) is 5.32 Å². The Morgan fingerprint density at radius 3 is 2.85 bits per heavy atom. The van der Waals surface area contributed by atoms with Gasteiger partial charge < -0.3 is 5.32 Å². The number of benzene rings is 2. The van der Waals surface area contributed by atoms with Crippen molar-refractivity contribution in [3.8, 4) is 0 Å². The smallest absolute Gasteiger partial charge is 0.238 e. The maximum atomic E-state index is 14.0. The molecule has 0 radical (unpaired) electrons. The molecule has 0 unspecified atom stereocenters. The summed E-state index contributed by atoms with van der Waals surface area (Å²) >= 11 is 1.50. The summed E-state index contributed by atoms with van der Waals surface area (Å²) in [6.07, 6.45) is 2.31. The predicted octanol–water partition coefficient (Wildman–Crippen LogP) is 5.04. The number of rotatable bonds is 6. The quantitative estimate of drug-likeness (QED) is 0.756. The number of hydrogen-bond donors (Lipinski definition) is 1. The number of thioether (sulfide) groups is 1. The highest BCUT2D eigenvalue weighted by Crippen LogP contribution is 2.43. The van der Waals surface area contributed by atoms with Crippen molar-refractivity contribution in [1.82, 2.24) is 0 Å². The minimum absolute atomic E-state index is 0.0121. The van der Waals surface area contributed by atoms with Gasteiger partial charge in [0.15, 0.2) is 0 Å². The summed E-state index contributed by atoms with van der Waals surface area (Å²) in [5.74, 6) is -0.0424. The number of unbranched alkanes of at least 4 members (excludes halogenated alkanes) is 1. The van der Waals surface area contributed by atoms with Crippen LogP contribution in [0.4, 0.5) is 15.8 Å². The van der Waals surface area contributed by atoms with E-state index in [0.29, 0.717) is 29.1 Å². The number of nitrogens with one attached hydrogen (secondary N) is 1. The summed E-state index contributed by atoms with van der Waals surface area (Å²) in [5.41, 5.74) is 2.67. The summed E-state index contributed by atoms with van der Waals surface area (Å²) in [4.78, 5) is 26.2. The summed E-state index contributed by atoms with van der Waals surface area (Å²) in [7, 11) is 0. The second-order valence-electron chi connectivity index (χ2n) is 6.59. The molecule has 6 heteroatoms. The molecule has 1 N–H and O–H groups in total. The van der Waals surface area contributed by atoms with Gasteiger partial charge in [-0.25, -0.2) is 4.39 Å². The zero-order valence-electron chi connectivity index (χ0n) is 15.5. The Morgan fingerprint density at radius 2 is 2.07 bits per heavy atom. The van der Waals surface area contributed by atoms with E-state index in [4.69, 9.17) is 0 Å². The molecule has 1 aliphatic heterocycles. The number of anilines is 2. The first kappa shape index (κ1) is 19.4. The molecule has 1 heterocycles. The standard InChI is InChI=1S/C21H23FN2O2S/c1-3-4-11-19(25)23-16-8-5-7-15(12-16)21-24(20(26)13-27-21)18-10-6-9-17(22)14(18)2/h5-10,12,21H,3-4,11,13H2,1-2H3,(H,23,25)/t21-/m0/s1. The molecule has 0 aliphatic carbocycles. The third-order valence-corrected chi connectivity index (χ3v) is 5.79. The normalized spacial score (nSPS) is 16.6. The molecule has 1 atom stereocenters. The van der Waals surface area contributed by atoms with E-state index in [-0.39, 0.29) is 23.0 Å². The molecular weight excluding hydrogens is 363 g/mol. The summed E-state index contributed by atoms with van der Waals surface area (Å²) in [6.45, 7) is 3.73. The van der Waals surface area contributed by atoms with Crippen LogP contribution in [0.5, 0.6) is 0 Å². The van der Waals surface area contributed by atoms with Crippen LogP contribution < -0.4 is 10.2 Å². The second-order valence-corrected chi connectivity index (χ2v) is 7.66. The number of carbonyl (C=O) groups is 2. The van der Waals surface area contributed by atoms with E-state index in [1.54, 1.807) is 24.0 Å². The predicted molar refractivity (Wildman–Crippen MR) is 108 cm³/mol.